The quantitative estimate of drug-likeness (QED) is 0.605. The van der Waals surface area contributed by atoms with Crippen LogP contribution >= 0.6 is 0 Å². The normalized spacial score (nSPS) is 43.1. The first kappa shape index (κ1) is 13.4. The van der Waals surface area contributed by atoms with Crippen molar-refractivity contribution < 1.29 is 0 Å². The maximum Gasteiger partial charge on any atom is -0.0267 e. The highest BCUT2D eigenvalue weighted by Gasteiger charge is 2.53. The zero-order valence-corrected chi connectivity index (χ0v) is 12.8. The first-order valence-electron chi connectivity index (χ1n) is 7.72. The lowest BCUT2D eigenvalue weighted by molar-refractivity contribution is 0.0728. The van der Waals surface area contributed by atoms with Gasteiger partial charge < -0.3 is 0 Å². The summed E-state index contributed by atoms with van der Waals surface area (Å²) >= 11 is 0. The molecule has 0 aliphatic heterocycles. The van der Waals surface area contributed by atoms with Crippen LogP contribution in [0.2, 0.25) is 0 Å². The van der Waals surface area contributed by atoms with Crippen molar-refractivity contribution in [2.75, 3.05) is 0 Å². The molecule has 2 rings (SSSR count). The standard InChI is InChI=1S/C17H32/c1-12(10-16(3,4)5)11-17(6)13(2)14-7-8-15(17)9-14/h12-15H,7-11H2,1-6H3. The Morgan fingerprint density at radius 3 is 2.35 bits per heavy atom. The average molecular weight is 236 g/mol. The van der Waals surface area contributed by atoms with E-state index >= 15 is 0 Å². The number of hydrogen-bond acceptors (Lipinski definition) is 0. The van der Waals surface area contributed by atoms with E-state index in [1.54, 1.807) is 6.42 Å². The fourth-order valence-electron chi connectivity index (χ4n) is 5.20. The third-order valence-electron chi connectivity index (χ3n) is 5.90. The minimum Gasteiger partial charge on any atom is -0.0625 e. The van der Waals surface area contributed by atoms with Gasteiger partial charge in [0.05, 0.1) is 0 Å². The van der Waals surface area contributed by atoms with Gasteiger partial charge in [0.1, 0.15) is 0 Å². The molecule has 2 aliphatic rings. The van der Waals surface area contributed by atoms with Crippen molar-refractivity contribution in [3.8, 4) is 0 Å². The fraction of sp³-hybridized carbons (Fsp3) is 1.00. The third-order valence-corrected chi connectivity index (χ3v) is 5.90. The van der Waals surface area contributed by atoms with Gasteiger partial charge >= 0.3 is 0 Å². The van der Waals surface area contributed by atoms with Crippen LogP contribution in [-0.4, -0.2) is 0 Å². The van der Waals surface area contributed by atoms with Gasteiger partial charge in [0.15, 0.2) is 0 Å². The van der Waals surface area contributed by atoms with Gasteiger partial charge in [0, 0.05) is 0 Å². The molecule has 0 aromatic carbocycles. The lowest BCUT2D eigenvalue weighted by Gasteiger charge is -2.42. The maximum absolute atomic E-state index is 2.60. The second kappa shape index (κ2) is 4.28. The molecule has 0 heteroatoms. The second-order valence-electron chi connectivity index (χ2n) is 8.64. The molecule has 0 N–H and O–H groups in total. The van der Waals surface area contributed by atoms with Gasteiger partial charge in [-0.25, -0.2) is 0 Å². The molecule has 100 valence electrons. The first-order chi connectivity index (χ1) is 7.72. The summed E-state index contributed by atoms with van der Waals surface area (Å²) in [5.74, 6) is 3.97. The van der Waals surface area contributed by atoms with Gasteiger partial charge in [-0.1, -0.05) is 41.5 Å². The van der Waals surface area contributed by atoms with Crippen LogP contribution in [0.4, 0.5) is 0 Å². The Hall–Kier alpha value is 0. The summed E-state index contributed by atoms with van der Waals surface area (Å²) in [7, 11) is 0. The highest BCUT2D eigenvalue weighted by Crippen LogP contribution is 2.61. The summed E-state index contributed by atoms with van der Waals surface area (Å²) in [5, 5.41) is 0. The van der Waals surface area contributed by atoms with Crippen LogP contribution in [0.25, 0.3) is 0 Å². The van der Waals surface area contributed by atoms with E-state index < -0.39 is 0 Å². The van der Waals surface area contributed by atoms with Gasteiger partial charge in [-0.3, -0.25) is 0 Å². The van der Waals surface area contributed by atoms with Crippen LogP contribution in [0.1, 0.15) is 73.6 Å². The van der Waals surface area contributed by atoms with Gasteiger partial charge in [-0.15, -0.1) is 0 Å². The third kappa shape index (κ3) is 2.56. The molecular formula is C17H32. The molecule has 2 bridgehead atoms. The zero-order valence-electron chi connectivity index (χ0n) is 12.8. The highest BCUT2D eigenvalue weighted by molar-refractivity contribution is 5.02. The monoisotopic (exact) mass is 236 g/mol. The van der Waals surface area contributed by atoms with E-state index in [1.807, 2.05) is 0 Å². The predicted molar refractivity (Wildman–Crippen MR) is 76.0 cm³/mol. The molecule has 2 saturated carbocycles. The molecular weight excluding hydrogens is 204 g/mol. The van der Waals surface area contributed by atoms with Gasteiger partial charge in [0.25, 0.3) is 0 Å². The van der Waals surface area contributed by atoms with Crippen LogP contribution in [0, 0.1) is 34.5 Å². The van der Waals surface area contributed by atoms with Crippen LogP contribution in [0.15, 0.2) is 0 Å². The van der Waals surface area contributed by atoms with E-state index in [2.05, 4.69) is 41.5 Å². The van der Waals surface area contributed by atoms with Crippen LogP contribution in [0.3, 0.4) is 0 Å². The predicted octanol–water partition coefficient (Wildman–Crippen LogP) is 5.52. The van der Waals surface area contributed by atoms with Crippen molar-refractivity contribution in [3.05, 3.63) is 0 Å². The Labute approximate surface area is 109 Å². The van der Waals surface area contributed by atoms with Crippen molar-refractivity contribution in [1.29, 1.82) is 0 Å². The summed E-state index contributed by atoms with van der Waals surface area (Å²) in [4.78, 5) is 0. The molecule has 0 spiro atoms. The minimum absolute atomic E-state index is 0.497. The average Bonchev–Trinajstić information content (AvgIpc) is 2.67. The van der Waals surface area contributed by atoms with Gasteiger partial charge in [-0.2, -0.15) is 0 Å². The maximum atomic E-state index is 2.60. The van der Waals surface area contributed by atoms with Crippen molar-refractivity contribution in [3.63, 3.8) is 0 Å². The van der Waals surface area contributed by atoms with Gasteiger partial charge in [-0.05, 0) is 66.6 Å². The first-order valence-corrected chi connectivity index (χ1v) is 7.72. The Morgan fingerprint density at radius 2 is 1.88 bits per heavy atom. The van der Waals surface area contributed by atoms with E-state index in [0.717, 1.165) is 23.7 Å². The minimum atomic E-state index is 0.497. The van der Waals surface area contributed by atoms with E-state index in [-0.39, 0.29) is 0 Å². The second-order valence-corrected chi connectivity index (χ2v) is 8.64. The molecule has 0 amide bonds. The zero-order chi connectivity index (χ0) is 12.8. The van der Waals surface area contributed by atoms with Crippen molar-refractivity contribution in [2.24, 2.45) is 34.5 Å². The lowest BCUT2D eigenvalue weighted by Crippen LogP contribution is -2.34. The number of fused-ring (bicyclic) bond motifs is 2. The molecule has 2 fully saturated rings. The fourth-order valence-corrected chi connectivity index (χ4v) is 5.20. The number of hydrogen-bond donors (Lipinski definition) is 0. The molecule has 5 atom stereocenters. The molecule has 5 unspecified atom stereocenters. The Balaban J connectivity index is 1.98. The highest BCUT2D eigenvalue weighted by atomic mass is 14.6. The molecule has 0 saturated heterocycles. The summed E-state index contributed by atoms with van der Waals surface area (Å²) in [5.41, 5.74) is 1.16. The summed E-state index contributed by atoms with van der Waals surface area (Å²) < 4.78 is 0. The van der Waals surface area contributed by atoms with Crippen LogP contribution < -0.4 is 0 Å². The molecule has 0 radical (unpaired) electrons. The molecule has 0 heterocycles. The lowest BCUT2D eigenvalue weighted by atomic mass is 9.63. The Morgan fingerprint density at radius 1 is 1.24 bits per heavy atom. The molecule has 0 nitrogen and oxygen atoms in total. The van der Waals surface area contributed by atoms with E-state index in [4.69, 9.17) is 0 Å². The van der Waals surface area contributed by atoms with Crippen LogP contribution in [0.5, 0.6) is 0 Å². The van der Waals surface area contributed by atoms with Crippen molar-refractivity contribution in [1.82, 2.24) is 0 Å². The largest absolute Gasteiger partial charge is 0.0625 e. The molecule has 0 aromatic rings. The number of rotatable bonds is 3. The van der Waals surface area contributed by atoms with Crippen LogP contribution in [-0.2, 0) is 0 Å². The van der Waals surface area contributed by atoms with E-state index in [0.29, 0.717) is 10.8 Å². The Bertz CT molecular complexity index is 268. The molecule has 2 aliphatic carbocycles. The summed E-state index contributed by atoms with van der Waals surface area (Å²) in [6.45, 7) is 14.8. The van der Waals surface area contributed by atoms with Crippen molar-refractivity contribution in [2.45, 2.75) is 73.6 Å². The van der Waals surface area contributed by atoms with Gasteiger partial charge in [0.2, 0.25) is 0 Å². The summed E-state index contributed by atoms with van der Waals surface area (Å²) in [6.07, 6.45) is 7.43. The topological polar surface area (TPSA) is 0 Å². The van der Waals surface area contributed by atoms with E-state index in [9.17, 15) is 0 Å². The van der Waals surface area contributed by atoms with Crippen molar-refractivity contribution >= 4 is 0 Å². The summed E-state index contributed by atoms with van der Waals surface area (Å²) in [6, 6.07) is 0. The molecule has 17 heavy (non-hydrogen) atoms. The molecule has 0 aromatic heterocycles. The smallest absolute Gasteiger partial charge is 0.0267 e. The SMILES string of the molecule is CC(CC(C)(C)C)CC1(C)C2CCC(C2)C1C. The van der Waals surface area contributed by atoms with E-state index in [1.165, 1.54) is 25.7 Å². The Kier molecular flexibility index (Phi) is 3.38.